The molecule has 8 nitrogen and oxygen atoms in total. The van der Waals surface area contributed by atoms with E-state index in [1.165, 1.54) is 42.5 Å². The third kappa shape index (κ3) is 4.44. The summed E-state index contributed by atoms with van der Waals surface area (Å²) in [4.78, 5) is 46.0. The van der Waals surface area contributed by atoms with Gasteiger partial charge in [-0.25, -0.2) is 9.59 Å². The lowest BCUT2D eigenvalue weighted by Gasteiger charge is -2.11. The van der Waals surface area contributed by atoms with Gasteiger partial charge in [0.2, 0.25) is 5.91 Å². The van der Waals surface area contributed by atoms with Gasteiger partial charge >= 0.3 is 11.9 Å². The minimum atomic E-state index is -1.24. The number of nitrogens with one attached hydrogen (secondary N) is 2. The molecule has 2 aromatic rings. The van der Waals surface area contributed by atoms with Crippen molar-refractivity contribution in [3.8, 4) is 0 Å². The second-order valence-electron chi connectivity index (χ2n) is 5.30. The van der Waals surface area contributed by atoms with Gasteiger partial charge in [-0.1, -0.05) is 6.92 Å². The molecule has 2 rings (SSSR count). The van der Waals surface area contributed by atoms with Gasteiger partial charge in [0.1, 0.15) is 0 Å². The van der Waals surface area contributed by atoms with E-state index in [0.717, 1.165) is 0 Å². The van der Waals surface area contributed by atoms with E-state index < -0.39 is 17.8 Å². The highest BCUT2D eigenvalue weighted by Crippen LogP contribution is 2.22. The summed E-state index contributed by atoms with van der Waals surface area (Å²) in [5, 5.41) is 23.2. The number of benzene rings is 2. The molecule has 0 saturated carbocycles. The number of hydrogen-bond donors (Lipinski definition) is 4. The summed E-state index contributed by atoms with van der Waals surface area (Å²) in [5.74, 6) is -3.22. The van der Waals surface area contributed by atoms with Gasteiger partial charge in [0.25, 0.3) is 5.91 Å². The molecule has 26 heavy (non-hydrogen) atoms. The van der Waals surface area contributed by atoms with Crippen molar-refractivity contribution in [3.63, 3.8) is 0 Å². The van der Waals surface area contributed by atoms with E-state index in [4.69, 9.17) is 5.11 Å². The first kappa shape index (κ1) is 18.7. The Morgan fingerprint density at radius 1 is 0.846 bits per heavy atom. The first-order chi connectivity index (χ1) is 12.3. The number of carbonyl (C=O) groups is 4. The molecule has 4 N–H and O–H groups in total. The lowest BCUT2D eigenvalue weighted by Crippen LogP contribution is -2.16. The maximum absolute atomic E-state index is 12.3. The fourth-order valence-corrected chi connectivity index (χ4v) is 2.12. The van der Waals surface area contributed by atoms with Crippen LogP contribution in [0.15, 0.2) is 42.5 Å². The molecule has 0 unspecified atom stereocenters. The Morgan fingerprint density at radius 3 is 2.00 bits per heavy atom. The Kier molecular flexibility index (Phi) is 5.69. The number of amides is 2. The lowest BCUT2D eigenvalue weighted by atomic mass is 10.1. The molecule has 0 aliphatic heterocycles. The molecule has 0 saturated heterocycles. The average molecular weight is 356 g/mol. The fourth-order valence-electron chi connectivity index (χ4n) is 2.12. The zero-order chi connectivity index (χ0) is 19.3. The third-order valence-electron chi connectivity index (χ3n) is 3.50. The summed E-state index contributed by atoms with van der Waals surface area (Å²) < 4.78 is 0. The standard InChI is InChI=1S/C18H16N2O6/c1-2-15(21)19-12-7-8-13(18(25)26)14(9-12)20-16(22)10-3-5-11(6-4-10)17(23)24/h3-9H,2H2,1H3,(H,19,21)(H,20,22)(H,23,24)(H,25,26). The zero-order valence-corrected chi connectivity index (χ0v) is 13.8. The Labute approximate surface area is 148 Å². The van der Waals surface area contributed by atoms with E-state index >= 15 is 0 Å². The Morgan fingerprint density at radius 2 is 1.46 bits per heavy atom. The monoisotopic (exact) mass is 356 g/mol. The molecular formula is C18H16N2O6. The minimum Gasteiger partial charge on any atom is -0.478 e. The van der Waals surface area contributed by atoms with Gasteiger partial charge in [0.05, 0.1) is 16.8 Å². The summed E-state index contributed by atoms with van der Waals surface area (Å²) >= 11 is 0. The molecule has 0 aliphatic carbocycles. The summed E-state index contributed by atoms with van der Waals surface area (Å²) in [6.45, 7) is 1.67. The lowest BCUT2D eigenvalue weighted by molar-refractivity contribution is -0.115. The molecule has 134 valence electrons. The Hall–Kier alpha value is -3.68. The van der Waals surface area contributed by atoms with Gasteiger partial charge in [-0.15, -0.1) is 0 Å². The van der Waals surface area contributed by atoms with Gasteiger partial charge in [-0.05, 0) is 42.5 Å². The van der Waals surface area contributed by atoms with Crippen LogP contribution in [0.4, 0.5) is 11.4 Å². The number of carboxylic acids is 2. The Balaban J connectivity index is 2.28. The van der Waals surface area contributed by atoms with Crippen molar-refractivity contribution in [1.82, 2.24) is 0 Å². The number of anilines is 2. The molecule has 0 radical (unpaired) electrons. The predicted molar refractivity (Wildman–Crippen MR) is 93.7 cm³/mol. The molecular weight excluding hydrogens is 340 g/mol. The van der Waals surface area contributed by atoms with Gasteiger partial charge in [0, 0.05) is 17.7 Å². The van der Waals surface area contributed by atoms with Crippen molar-refractivity contribution in [1.29, 1.82) is 0 Å². The summed E-state index contributed by atoms with van der Waals surface area (Å²) in [5.41, 5.74) is 0.401. The second kappa shape index (κ2) is 7.93. The molecule has 0 spiro atoms. The number of carbonyl (C=O) groups excluding carboxylic acids is 2. The highest BCUT2D eigenvalue weighted by molar-refractivity contribution is 6.08. The van der Waals surface area contributed by atoms with Crippen molar-refractivity contribution < 1.29 is 29.4 Å². The predicted octanol–water partition coefficient (Wildman–Crippen LogP) is 2.68. The Bertz CT molecular complexity index is 874. The zero-order valence-electron chi connectivity index (χ0n) is 13.8. The number of aromatic carboxylic acids is 2. The van der Waals surface area contributed by atoms with Crippen LogP contribution in [-0.4, -0.2) is 34.0 Å². The van der Waals surface area contributed by atoms with Crippen molar-refractivity contribution in [2.75, 3.05) is 10.6 Å². The average Bonchev–Trinajstić information content (AvgIpc) is 2.61. The van der Waals surface area contributed by atoms with Crippen LogP contribution in [0, 0.1) is 0 Å². The minimum absolute atomic E-state index is 0.0127. The van der Waals surface area contributed by atoms with Crippen LogP contribution in [-0.2, 0) is 4.79 Å². The molecule has 2 amide bonds. The van der Waals surface area contributed by atoms with E-state index in [1.54, 1.807) is 6.92 Å². The van der Waals surface area contributed by atoms with E-state index in [0.29, 0.717) is 5.69 Å². The summed E-state index contributed by atoms with van der Waals surface area (Å²) in [6, 6.07) is 9.23. The first-order valence-corrected chi connectivity index (χ1v) is 7.63. The van der Waals surface area contributed by atoms with Gasteiger partial charge in [0.15, 0.2) is 0 Å². The van der Waals surface area contributed by atoms with Crippen LogP contribution in [0.2, 0.25) is 0 Å². The normalized spacial score (nSPS) is 10.0. The quantitative estimate of drug-likeness (QED) is 0.629. The largest absolute Gasteiger partial charge is 0.478 e. The summed E-state index contributed by atoms with van der Waals surface area (Å²) in [6.07, 6.45) is 0.248. The number of hydrogen-bond acceptors (Lipinski definition) is 4. The first-order valence-electron chi connectivity index (χ1n) is 7.63. The topological polar surface area (TPSA) is 133 Å². The number of carboxylic acid groups (broad SMARTS) is 2. The van der Waals surface area contributed by atoms with E-state index in [9.17, 15) is 24.3 Å². The second-order valence-corrected chi connectivity index (χ2v) is 5.30. The van der Waals surface area contributed by atoms with Gasteiger partial charge in [-0.3, -0.25) is 9.59 Å². The van der Waals surface area contributed by atoms with E-state index in [2.05, 4.69) is 10.6 Å². The van der Waals surface area contributed by atoms with E-state index in [-0.39, 0.29) is 34.7 Å². The molecule has 0 aromatic heterocycles. The SMILES string of the molecule is CCC(=O)Nc1ccc(C(=O)O)c(NC(=O)c2ccc(C(=O)O)cc2)c1. The highest BCUT2D eigenvalue weighted by atomic mass is 16.4. The van der Waals surface area contributed by atoms with Crippen LogP contribution in [0.3, 0.4) is 0 Å². The smallest absolute Gasteiger partial charge is 0.337 e. The van der Waals surface area contributed by atoms with E-state index in [1.807, 2.05) is 0 Å². The molecule has 0 bridgehead atoms. The molecule has 0 aliphatic rings. The molecule has 0 heterocycles. The summed E-state index contributed by atoms with van der Waals surface area (Å²) in [7, 11) is 0. The molecule has 8 heteroatoms. The molecule has 0 fully saturated rings. The van der Waals surface area contributed by atoms with Crippen LogP contribution >= 0.6 is 0 Å². The van der Waals surface area contributed by atoms with Crippen molar-refractivity contribution in [3.05, 3.63) is 59.2 Å². The highest BCUT2D eigenvalue weighted by Gasteiger charge is 2.15. The maximum Gasteiger partial charge on any atom is 0.337 e. The maximum atomic E-state index is 12.3. The molecule has 0 atom stereocenters. The molecule has 2 aromatic carbocycles. The van der Waals surface area contributed by atoms with Gasteiger partial charge in [-0.2, -0.15) is 0 Å². The van der Waals surface area contributed by atoms with Gasteiger partial charge < -0.3 is 20.8 Å². The van der Waals surface area contributed by atoms with Crippen molar-refractivity contribution in [2.45, 2.75) is 13.3 Å². The fraction of sp³-hybridized carbons (Fsp3) is 0.111. The third-order valence-corrected chi connectivity index (χ3v) is 3.50. The van der Waals surface area contributed by atoms with Crippen LogP contribution < -0.4 is 10.6 Å². The number of rotatable bonds is 6. The van der Waals surface area contributed by atoms with Crippen molar-refractivity contribution >= 4 is 35.1 Å². The van der Waals surface area contributed by atoms with Crippen molar-refractivity contribution in [2.24, 2.45) is 0 Å². The van der Waals surface area contributed by atoms with Crippen LogP contribution in [0.1, 0.15) is 44.4 Å². The van der Waals surface area contributed by atoms with Crippen LogP contribution in [0.5, 0.6) is 0 Å². The van der Waals surface area contributed by atoms with Crippen LogP contribution in [0.25, 0.3) is 0 Å².